The predicted octanol–water partition coefficient (Wildman–Crippen LogP) is 1.53. The summed E-state index contributed by atoms with van der Waals surface area (Å²) in [5.74, 6) is -0.362. The highest BCUT2D eigenvalue weighted by atomic mass is 32.3. The summed E-state index contributed by atoms with van der Waals surface area (Å²) in [5.41, 5.74) is -5.81. The molecule has 0 saturated carbocycles. The monoisotopic (exact) mass is 304 g/mol. The maximum Gasteiger partial charge on any atom is 0.480 e. The van der Waals surface area contributed by atoms with Crippen molar-refractivity contribution in [3.05, 3.63) is 34.5 Å². The van der Waals surface area contributed by atoms with Crippen molar-refractivity contribution in [3.8, 4) is 5.75 Å². The van der Waals surface area contributed by atoms with E-state index in [9.17, 15) is 30.0 Å². The molecule has 0 N–H and O–H groups in total. The van der Waals surface area contributed by atoms with Crippen LogP contribution in [0, 0.1) is 0 Å². The molecule has 0 bridgehead atoms. The molecule has 1 aromatic carbocycles. The minimum Gasteiger partial charge on any atom is -0.395 e. The van der Waals surface area contributed by atoms with Gasteiger partial charge in [0.25, 0.3) is 0 Å². The van der Waals surface area contributed by atoms with E-state index in [2.05, 4.69) is 4.18 Å². The van der Waals surface area contributed by atoms with Gasteiger partial charge in [0, 0.05) is 0 Å². The van der Waals surface area contributed by atoms with Crippen LogP contribution in [-0.2, 0) is 20.3 Å². The quantitative estimate of drug-likeness (QED) is 0.841. The lowest BCUT2D eigenvalue weighted by Gasteiger charge is -2.21. The molecule has 0 amide bonds. The summed E-state index contributed by atoms with van der Waals surface area (Å²) in [5, 5.41) is 0. The third-order valence-corrected chi connectivity index (χ3v) is 3.93. The van der Waals surface area contributed by atoms with Crippen molar-refractivity contribution in [2.24, 2.45) is 0 Å². The predicted molar refractivity (Wildman–Crippen MR) is 54.3 cm³/mol. The van der Waals surface area contributed by atoms with E-state index >= 15 is 0 Å². The number of hydrogen-bond donors (Lipinski definition) is 0. The number of benzene rings is 1. The lowest BCUT2D eigenvalue weighted by Crippen LogP contribution is -2.25. The van der Waals surface area contributed by atoms with E-state index < -0.39 is 25.8 Å². The van der Waals surface area contributed by atoms with E-state index in [4.69, 9.17) is 0 Å². The molecule has 0 spiro atoms. The molecule has 0 radical (unpaired) electrons. The van der Waals surface area contributed by atoms with Crippen molar-refractivity contribution < 1.29 is 34.2 Å². The van der Waals surface area contributed by atoms with E-state index in [-0.39, 0.29) is 5.75 Å². The van der Waals surface area contributed by atoms with E-state index in [0.29, 0.717) is 0 Å². The Morgan fingerprint density at radius 1 is 1.00 bits per heavy atom. The standard InChI is InChI=1S/C7H5F3NO5S2/c8-7(9,10)17(12,13)11-18(14,15)16-6-4-2-1-3-5-6/h1-5H/q-1. The second-order valence-electron chi connectivity index (χ2n) is 2.82. The fourth-order valence-electron chi connectivity index (χ4n) is 0.775. The van der Waals surface area contributed by atoms with E-state index in [1.54, 1.807) is 4.13 Å². The van der Waals surface area contributed by atoms with E-state index in [0.717, 1.165) is 12.1 Å². The van der Waals surface area contributed by atoms with Gasteiger partial charge in [0.15, 0.2) is 10.0 Å². The largest absolute Gasteiger partial charge is 0.480 e. The third-order valence-electron chi connectivity index (χ3n) is 1.43. The fraction of sp³-hybridized carbons (Fsp3) is 0.143. The molecule has 0 aliphatic rings. The lowest BCUT2D eigenvalue weighted by atomic mass is 10.3. The summed E-state index contributed by atoms with van der Waals surface area (Å²) in [6.45, 7) is 0. The van der Waals surface area contributed by atoms with Crippen molar-refractivity contribution in [3.63, 3.8) is 0 Å². The number of sulfonamides is 1. The summed E-state index contributed by atoms with van der Waals surface area (Å²) in [6, 6.07) is 6.37. The number of nitrogens with zero attached hydrogens (tertiary/aromatic N) is 1. The SMILES string of the molecule is O=S(=O)([N-]S(=O)(=O)C(F)(F)F)Oc1ccccc1. The molecule has 0 fully saturated rings. The lowest BCUT2D eigenvalue weighted by molar-refractivity contribution is -0.0425. The van der Waals surface area contributed by atoms with Crippen molar-refractivity contribution in [2.45, 2.75) is 5.51 Å². The van der Waals surface area contributed by atoms with Crippen molar-refractivity contribution in [1.82, 2.24) is 0 Å². The zero-order valence-corrected chi connectivity index (χ0v) is 9.96. The Labute approximate surface area is 101 Å². The van der Waals surface area contributed by atoms with Crippen LogP contribution < -0.4 is 4.18 Å². The van der Waals surface area contributed by atoms with Crippen LogP contribution in [0.2, 0.25) is 0 Å². The van der Waals surface area contributed by atoms with Crippen LogP contribution in [0.1, 0.15) is 0 Å². The first-order valence-electron chi connectivity index (χ1n) is 4.08. The molecule has 0 unspecified atom stereocenters. The minimum absolute atomic E-state index is 0.362. The van der Waals surface area contributed by atoms with Crippen LogP contribution in [0.5, 0.6) is 5.75 Å². The smallest absolute Gasteiger partial charge is 0.395 e. The van der Waals surface area contributed by atoms with Crippen LogP contribution in [0.25, 0.3) is 4.13 Å². The third kappa shape index (κ3) is 3.85. The Kier molecular flexibility index (Phi) is 3.88. The second-order valence-corrected chi connectivity index (χ2v) is 5.85. The highest BCUT2D eigenvalue weighted by Crippen LogP contribution is 2.30. The van der Waals surface area contributed by atoms with Crippen LogP contribution in [0.15, 0.2) is 30.3 Å². The van der Waals surface area contributed by atoms with Crippen molar-refractivity contribution in [1.29, 1.82) is 0 Å². The van der Waals surface area contributed by atoms with Gasteiger partial charge < -0.3 is 8.31 Å². The molecule has 0 aliphatic carbocycles. The Bertz CT molecular complexity index is 608. The highest BCUT2D eigenvalue weighted by molar-refractivity contribution is 8.10. The fourth-order valence-corrected chi connectivity index (χ4v) is 2.55. The van der Waals surface area contributed by atoms with Gasteiger partial charge in [-0.25, -0.2) is 16.8 Å². The van der Waals surface area contributed by atoms with E-state index in [1.165, 1.54) is 18.2 Å². The number of rotatable bonds is 4. The van der Waals surface area contributed by atoms with Gasteiger partial charge in [-0.2, -0.15) is 13.2 Å². The van der Waals surface area contributed by atoms with Crippen LogP contribution in [-0.4, -0.2) is 22.3 Å². The molecule has 0 heterocycles. The van der Waals surface area contributed by atoms with Crippen molar-refractivity contribution in [2.75, 3.05) is 0 Å². The van der Waals surface area contributed by atoms with Gasteiger partial charge in [-0.1, -0.05) is 18.2 Å². The first-order valence-corrected chi connectivity index (χ1v) is 6.89. The average Bonchev–Trinajstić information content (AvgIpc) is 2.14. The zero-order valence-electron chi connectivity index (χ0n) is 8.33. The van der Waals surface area contributed by atoms with Crippen molar-refractivity contribution >= 4 is 20.3 Å². The van der Waals surface area contributed by atoms with Gasteiger partial charge >= 0.3 is 5.51 Å². The molecule has 0 atom stereocenters. The Morgan fingerprint density at radius 3 is 1.94 bits per heavy atom. The molecular weight excluding hydrogens is 299 g/mol. The van der Waals surface area contributed by atoms with Gasteiger partial charge in [0.05, 0.1) is 0 Å². The Morgan fingerprint density at radius 2 is 1.50 bits per heavy atom. The normalized spacial score (nSPS) is 13.3. The first kappa shape index (κ1) is 14.7. The molecule has 1 aromatic rings. The Balaban J connectivity index is 2.92. The summed E-state index contributed by atoms with van der Waals surface area (Å²) in [7, 11) is -11.4. The molecule has 1 rings (SSSR count). The number of halogens is 3. The van der Waals surface area contributed by atoms with Gasteiger partial charge in [0.2, 0.25) is 10.3 Å². The molecule has 0 aromatic heterocycles. The van der Waals surface area contributed by atoms with Crippen LogP contribution in [0.3, 0.4) is 0 Å². The summed E-state index contributed by atoms with van der Waals surface area (Å²) < 4.78 is 84.5. The second kappa shape index (κ2) is 4.74. The number of hydrogen-bond acceptors (Lipinski definition) is 5. The molecule has 0 aliphatic heterocycles. The van der Waals surface area contributed by atoms with Crippen LogP contribution in [0.4, 0.5) is 13.2 Å². The molecule has 0 saturated heterocycles. The maximum absolute atomic E-state index is 11.9. The van der Waals surface area contributed by atoms with Gasteiger partial charge in [-0.3, -0.25) is 0 Å². The molecule has 11 heteroatoms. The summed E-state index contributed by atoms with van der Waals surface area (Å²) in [4.78, 5) is 0. The first-order chi connectivity index (χ1) is 8.04. The zero-order chi connectivity index (χ0) is 14.0. The molecule has 18 heavy (non-hydrogen) atoms. The average molecular weight is 304 g/mol. The van der Waals surface area contributed by atoms with Gasteiger partial charge in [-0.15, -0.1) is 0 Å². The van der Waals surface area contributed by atoms with E-state index in [1.807, 2.05) is 0 Å². The molecular formula is C7H5F3NO5S2-. The van der Waals surface area contributed by atoms with Crippen LogP contribution >= 0.6 is 0 Å². The Hall–Kier alpha value is -1.33. The molecule has 6 nitrogen and oxygen atoms in total. The summed E-state index contributed by atoms with van der Waals surface area (Å²) in [6.07, 6.45) is 0. The number of alkyl halides is 3. The molecule has 102 valence electrons. The maximum atomic E-state index is 11.9. The summed E-state index contributed by atoms with van der Waals surface area (Å²) >= 11 is 0. The van der Waals surface area contributed by atoms with Gasteiger partial charge in [-0.05, 0) is 12.1 Å². The van der Waals surface area contributed by atoms with Gasteiger partial charge in [0.1, 0.15) is 5.75 Å². The topological polar surface area (TPSA) is 91.6 Å². The minimum atomic E-state index is -6.16. The highest BCUT2D eigenvalue weighted by Gasteiger charge is 2.40. The number of para-hydroxylation sites is 1.